The van der Waals surface area contributed by atoms with Gasteiger partial charge in [-0.15, -0.1) is 0 Å². The van der Waals surface area contributed by atoms with Crippen molar-refractivity contribution in [2.75, 3.05) is 11.1 Å². The molecule has 0 saturated heterocycles. The van der Waals surface area contributed by atoms with Crippen LogP contribution in [0.25, 0.3) is 0 Å². The van der Waals surface area contributed by atoms with Gasteiger partial charge in [0.05, 0.1) is 16.2 Å². The van der Waals surface area contributed by atoms with E-state index in [1.807, 2.05) is 0 Å². The van der Waals surface area contributed by atoms with Crippen LogP contribution in [0.2, 0.25) is 0 Å². The largest absolute Gasteiger partial charge is 0.449 e. The molecule has 9 heteroatoms. The van der Waals surface area contributed by atoms with E-state index < -0.39 is 22.9 Å². The first-order valence-electron chi connectivity index (χ1n) is 7.09. The second-order valence-electron chi connectivity index (χ2n) is 5.07. The number of carbonyl (C=O) groups is 2. The zero-order valence-corrected chi connectivity index (χ0v) is 14.6. The monoisotopic (exact) mass is 407 g/mol. The third-order valence-electron chi connectivity index (χ3n) is 3.23. The molecule has 2 aromatic rings. The van der Waals surface area contributed by atoms with Crippen LogP contribution in [0.3, 0.4) is 0 Å². The molecule has 1 amide bonds. The Bertz CT molecular complexity index is 823. The first-order valence-corrected chi connectivity index (χ1v) is 7.88. The molecule has 0 radical (unpaired) electrons. The van der Waals surface area contributed by atoms with Crippen LogP contribution in [0.15, 0.2) is 46.9 Å². The topological polar surface area (TPSA) is 125 Å². The number of hydrogen-bond donors (Lipinski definition) is 2. The molecule has 0 saturated carbocycles. The molecule has 0 bridgehead atoms. The highest BCUT2D eigenvalue weighted by molar-refractivity contribution is 9.10. The van der Waals surface area contributed by atoms with Gasteiger partial charge in [-0.1, -0.05) is 15.9 Å². The Morgan fingerprint density at radius 3 is 2.44 bits per heavy atom. The Morgan fingerprint density at radius 1 is 1.24 bits per heavy atom. The molecule has 130 valence electrons. The standard InChI is InChI=1S/C16H14BrN3O5/c1-9(15(21)19-11-4-2-10(17)3-5-11)25-16(22)13-7-6-12(20(23)24)8-14(13)18/h2-9H,18H2,1H3,(H,19,21). The third-order valence-corrected chi connectivity index (χ3v) is 3.76. The number of nitrogens with one attached hydrogen (secondary N) is 1. The Kier molecular flexibility index (Phi) is 5.71. The van der Waals surface area contributed by atoms with E-state index in [1.54, 1.807) is 24.3 Å². The fraction of sp³-hybridized carbons (Fsp3) is 0.125. The van der Waals surface area contributed by atoms with Crippen LogP contribution in [0, 0.1) is 10.1 Å². The fourth-order valence-electron chi connectivity index (χ4n) is 1.90. The average molecular weight is 408 g/mol. The molecule has 0 fully saturated rings. The molecular formula is C16H14BrN3O5. The Morgan fingerprint density at radius 2 is 1.88 bits per heavy atom. The van der Waals surface area contributed by atoms with Gasteiger partial charge in [0.15, 0.2) is 6.10 Å². The molecule has 0 aliphatic heterocycles. The van der Waals surface area contributed by atoms with Gasteiger partial charge in [0.2, 0.25) is 0 Å². The second-order valence-corrected chi connectivity index (χ2v) is 5.99. The zero-order chi connectivity index (χ0) is 18.6. The van der Waals surface area contributed by atoms with Gasteiger partial charge in [0, 0.05) is 22.3 Å². The summed E-state index contributed by atoms with van der Waals surface area (Å²) in [6.07, 6.45) is -1.08. The number of nitro benzene ring substituents is 1. The van der Waals surface area contributed by atoms with E-state index in [9.17, 15) is 19.7 Å². The number of halogens is 1. The number of nitrogens with two attached hydrogens (primary N) is 1. The minimum Gasteiger partial charge on any atom is -0.449 e. The van der Waals surface area contributed by atoms with E-state index in [4.69, 9.17) is 10.5 Å². The molecule has 25 heavy (non-hydrogen) atoms. The van der Waals surface area contributed by atoms with Crippen molar-refractivity contribution in [3.05, 3.63) is 62.6 Å². The van der Waals surface area contributed by atoms with Crippen molar-refractivity contribution >= 4 is 44.9 Å². The van der Waals surface area contributed by atoms with Gasteiger partial charge in [-0.05, 0) is 37.3 Å². The number of hydrogen-bond acceptors (Lipinski definition) is 6. The van der Waals surface area contributed by atoms with E-state index >= 15 is 0 Å². The van der Waals surface area contributed by atoms with Crippen molar-refractivity contribution in [1.82, 2.24) is 0 Å². The van der Waals surface area contributed by atoms with Crippen molar-refractivity contribution in [3.8, 4) is 0 Å². The number of anilines is 2. The van der Waals surface area contributed by atoms with Crippen molar-refractivity contribution in [1.29, 1.82) is 0 Å². The lowest BCUT2D eigenvalue weighted by Gasteiger charge is -2.14. The van der Waals surface area contributed by atoms with Crippen LogP contribution in [-0.2, 0) is 9.53 Å². The number of nitrogen functional groups attached to an aromatic ring is 1. The maximum atomic E-state index is 12.1. The normalized spacial score (nSPS) is 11.4. The number of benzene rings is 2. The number of amides is 1. The van der Waals surface area contributed by atoms with Crippen LogP contribution < -0.4 is 11.1 Å². The van der Waals surface area contributed by atoms with Crippen LogP contribution in [0.4, 0.5) is 17.1 Å². The summed E-state index contributed by atoms with van der Waals surface area (Å²) in [6, 6.07) is 10.3. The van der Waals surface area contributed by atoms with Gasteiger partial charge in [-0.2, -0.15) is 0 Å². The summed E-state index contributed by atoms with van der Waals surface area (Å²) in [5.41, 5.74) is 5.80. The van der Waals surface area contributed by atoms with Crippen LogP contribution in [0.1, 0.15) is 17.3 Å². The number of rotatable bonds is 5. The van der Waals surface area contributed by atoms with E-state index in [2.05, 4.69) is 21.2 Å². The molecule has 2 aromatic carbocycles. The summed E-state index contributed by atoms with van der Waals surface area (Å²) in [6.45, 7) is 1.41. The number of carbonyl (C=O) groups excluding carboxylic acids is 2. The Balaban J connectivity index is 2.02. The summed E-state index contributed by atoms with van der Waals surface area (Å²) < 4.78 is 5.93. The third kappa shape index (κ3) is 4.77. The second kappa shape index (κ2) is 7.75. The summed E-state index contributed by atoms with van der Waals surface area (Å²) in [5, 5.41) is 13.3. The summed E-state index contributed by atoms with van der Waals surface area (Å²) in [7, 11) is 0. The smallest absolute Gasteiger partial charge is 0.341 e. The van der Waals surface area contributed by atoms with Gasteiger partial charge in [0.25, 0.3) is 11.6 Å². The summed E-state index contributed by atoms with van der Waals surface area (Å²) in [5.74, 6) is -1.36. The summed E-state index contributed by atoms with van der Waals surface area (Å²) >= 11 is 3.28. The number of nitrogens with zero attached hydrogens (tertiary/aromatic N) is 1. The van der Waals surface area contributed by atoms with Crippen molar-refractivity contribution < 1.29 is 19.2 Å². The fourth-order valence-corrected chi connectivity index (χ4v) is 2.17. The number of ether oxygens (including phenoxy) is 1. The number of non-ortho nitro benzene ring substituents is 1. The van der Waals surface area contributed by atoms with Gasteiger partial charge >= 0.3 is 5.97 Å². The number of nitro groups is 1. The van der Waals surface area contributed by atoms with Gasteiger partial charge in [0.1, 0.15) is 0 Å². The van der Waals surface area contributed by atoms with E-state index in [-0.39, 0.29) is 16.9 Å². The SMILES string of the molecule is CC(OC(=O)c1ccc([N+](=O)[O-])cc1N)C(=O)Nc1ccc(Br)cc1. The van der Waals surface area contributed by atoms with Crippen molar-refractivity contribution in [2.24, 2.45) is 0 Å². The minimum absolute atomic E-state index is 0.0473. The average Bonchev–Trinajstić information content (AvgIpc) is 2.56. The molecule has 8 nitrogen and oxygen atoms in total. The zero-order valence-electron chi connectivity index (χ0n) is 13.1. The maximum absolute atomic E-state index is 12.1. The van der Waals surface area contributed by atoms with Crippen LogP contribution in [0.5, 0.6) is 0 Å². The lowest BCUT2D eigenvalue weighted by Crippen LogP contribution is -2.30. The maximum Gasteiger partial charge on any atom is 0.341 e. The Labute approximate surface area is 151 Å². The lowest BCUT2D eigenvalue weighted by atomic mass is 10.1. The minimum atomic E-state index is -1.08. The molecule has 0 spiro atoms. The molecule has 2 rings (SSSR count). The van der Waals surface area contributed by atoms with E-state index in [1.165, 1.54) is 13.0 Å². The molecule has 1 unspecified atom stereocenters. The molecule has 1 atom stereocenters. The van der Waals surface area contributed by atoms with Crippen LogP contribution in [-0.4, -0.2) is 22.9 Å². The quantitative estimate of drug-likeness (QED) is 0.339. The highest BCUT2D eigenvalue weighted by atomic mass is 79.9. The van der Waals surface area contributed by atoms with Crippen LogP contribution >= 0.6 is 15.9 Å². The van der Waals surface area contributed by atoms with Crippen molar-refractivity contribution in [2.45, 2.75) is 13.0 Å². The highest BCUT2D eigenvalue weighted by Gasteiger charge is 2.21. The Hall–Kier alpha value is -2.94. The van der Waals surface area contributed by atoms with E-state index in [0.29, 0.717) is 5.69 Å². The molecular weight excluding hydrogens is 394 g/mol. The summed E-state index contributed by atoms with van der Waals surface area (Å²) in [4.78, 5) is 34.2. The van der Waals surface area contributed by atoms with Gasteiger partial charge < -0.3 is 15.8 Å². The number of esters is 1. The lowest BCUT2D eigenvalue weighted by molar-refractivity contribution is -0.384. The molecule has 0 heterocycles. The predicted molar refractivity (Wildman–Crippen MR) is 95.2 cm³/mol. The molecule has 0 aliphatic carbocycles. The molecule has 3 N–H and O–H groups in total. The first kappa shape index (κ1) is 18.4. The molecule has 0 aliphatic rings. The van der Waals surface area contributed by atoms with E-state index in [0.717, 1.165) is 16.6 Å². The molecule has 0 aromatic heterocycles. The van der Waals surface area contributed by atoms with Gasteiger partial charge in [-0.25, -0.2) is 4.79 Å². The predicted octanol–water partition coefficient (Wildman–Crippen LogP) is 3.12. The first-order chi connectivity index (χ1) is 11.8. The highest BCUT2D eigenvalue weighted by Crippen LogP contribution is 2.21. The van der Waals surface area contributed by atoms with Gasteiger partial charge in [-0.3, -0.25) is 14.9 Å². The van der Waals surface area contributed by atoms with Crippen molar-refractivity contribution in [3.63, 3.8) is 0 Å².